The van der Waals surface area contributed by atoms with Gasteiger partial charge in [0.25, 0.3) is 11.8 Å². The maximum absolute atomic E-state index is 14.8. The highest BCUT2D eigenvalue weighted by Gasteiger charge is 2.48. The van der Waals surface area contributed by atoms with E-state index in [9.17, 15) is 9.59 Å². The molecule has 4 heterocycles. The van der Waals surface area contributed by atoms with E-state index in [-0.39, 0.29) is 38.1 Å². The highest BCUT2D eigenvalue weighted by atomic mass is 32.1. The summed E-state index contributed by atoms with van der Waals surface area (Å²) >= 11 is 3.01. The van der Waals surface area contributed by atoms with Crippen LogP contribution >= 0.6 is 22.7 Å². The van der Waals surface area contributed by atoms with Gasteiger partial charge < -0.3 is 24.2 Å². The summed E-state index contributed by atoms with van der Waals surface area (Å²) in [5.74, 6) is -0.451. The van der Waals surface area contributed by atoms with Gasteiger partial charge in [0.1, 0.15) is 13.2 Å². The molecule has 2 aliphatic rings. The van der Waals surface area contributed by atoms with Crippen molar-refractivity contribution in [3.8, 4) is 10.1 Å². The van der Waals surface area contributed by atoms with Gasteiger partial charge >= 0.3 is 0 Å². The number of nitrogens with zero attached hydrogens (tertiary/aromatic N) is 3. The monoisotopic (exact) mass is 807 g/mol. The van der Waals surface area contributed by atoms with E-state index in [1.807, 2.05) is 95.7 Å². The van der Waals surface area contributed by atoms with Gasteiger partial charge in [0.2, 0.25) is 0 Å². The van der Waals surface area contributed by atoms with Crippen LogP contribution in [0.3, 0.4) is 0 Å². The van der Waals surface area contributed by atoms with Crippen LogP contribution in [0.15, 0.2) is 186 Å². The average molecular weight is 808 g/mol. The van der Waals surface area contributed by atoms with Gasteiger partial charge in [-0.2, -0.15) is 0 Å². The first-order valence-corrected chi connectivity index (χ1v) is 21.3. The van der Waals surface area contributed by atoms with E-state index in [0.29, 0.717) is 22.5 Å². The molecular formula is C50H37N3O4S2. The Morgan fingerprint density at radius 3 is 1.54 bits per heavy atom. The van der Waals surface area contributed by atoms with Gasteiger partial charge in [0.15, 0.2) is 10.1 Å². The smallest absolute Gasteiger partial charge is 0.261 e. The van der Waals surface area contributed by atoms with Gasteiger partial charge in [-0.15, -0.1) is 22.7 Å². The second-order valence-corrected chi connectivity index (χ2v) is 16.0. The summed E-state index contributed by atoms with van der Waals surface area (Å²) in [5, 5.41) is 10.1. The van der Waals surface area contributed by atoms with Gasteiger partial charge in [-0.3, -0.25) is 9.59 Å². The Kier molecular flexibility index (Phi) is 9.73. The van der Waals surface area contributed by atoms with Gasteiger partial charge in [0.05, 0.1) is 41.3 Å². The lowest BCUT2D eigenvalue weighted by atomic mass is 9.98. The molecule has 0 atom stereocenters. The van der Waals surface area contributed by atoms with Crippen LogP contribution in [0.25, 0.3) is 32.9 Å². The summed E-state index contributed by atoms with van der Waals surface area (Å²) in [6, 6.07) is 55.2. The third-order valence-corrected chi connectivity index (χ3v) is 12.3. The Balaban J connectivity index is 1.09. The van der Waals surface area contributed by atoms with Crippen LogP contribution in [0, 0.1) is 0 Å². The standard InChI is InChI=1S/C50H37N3O4S2/c54-49-45-46(50(55)51(27-29-56-43-21-11-31-58-43)47(45)34-13-3-1-4-14-34)48(52(49)28-30-57-44-22-12-32-59-44)35-23-25-38(26-24-35)53(37-16-5-2-6-17-37)42-33-36-15-7-8-18-39(36)40-19-9-10-20-41(40)42/h1-26,31-33H,27-30H2. The number of ether oxygens (including phenoxy) is 2. The molecule has 2 aromatic heterocycles. The molecule has 2 aliphatic heterocycles. The van der Waals surface area contributed by atoms with Gasteiger partial charge in [-0.1, -0.05) is 109 Å². The van der Waals surface area contributed by atoms with Gasteiger partial charge in [0, 0.05) is 16.8 Å². The van der Waals surface area contributed by atoms with Crippen molar-refractivity contribution in [1.82, 2.24) is 9.80 Å². The van der Waals surface area contributed by atoms with Gasteiger partial charge in [-0.05, 0) is 92.6 Å². The summed E-state index contributed by atoms with van der Waals surface area (Å²) in [5.41, 5.74) is 6.53. The van der Waals surface area contributed by atoms with Crippen molar-refractivity contribution in [2.45, 2.75) is 0 Å². The van der Waals surface area contributed by atoms with Crippen LogP contribution in [0.1, 0.15) is 11.1 Å². The number of hydrogen-bond donors (Lipinski definition) is 0. The summed E-state index contributed by atoms with van der Waals surface area (Å²) in [6.45, 7) is 1.08. The molecule has 59 heavy (non-hydrogen) atoms. The Morgan fingerprint density at radius 1 is 0.475 bits per heavy atom. The highest BCUT2D eigenvalue weighted by Crippen LogP contribution is 2.48. The minimum absolute atomic E-state index is 0.226. The van der Waals surface area contributed by atoms with Crippen LogP contribution in [0.4, 0.5) is 17.1 Å². The minimum Gasteiger partial charge on any atom is -0.482 e. The molecule has 0 radical (unpaired) electrons. The Labute approximate surface area is 349 Å². The Morgan fingerprint density at radius 2 is 0.966 bits per heavy atom. The fourth-order valence-corrected chi connectivity index (χ4v) is 9.38. The number of carbonyl (C=O) groups excluding carboxylic acids is 2. The second-order valence-electron chi connectivity index (χ2n) is 14.2. The maximum atomic E-state index is 14.8. The number of rotatable bonds is 13. The van der Waals surface area contributed by atoms with Crippen LogP contribution in [-0.4, -0.2) is 47.9 Å². The number of para-hydroxylation sites is 1. The topological polar surface area (TPSA) is 62.3 Å². The van der Waals surface area contributed by atoms with Crippen molar-refractivity contribution in [2.24, 2.45) is 0 Å². The van der Waals surface area contributed by atoms with E-state index in [2.05, 4.69) is 83.8 Å². The molecule has 8 aromatic rings. The number of carbonyl (C=O) groups is 2. The number of thiophene rings is 2. The summed E-state index contributed by atoms with van der Waals surface area (Å²) < 4.78 is 12.1. The first-order valence-electron chi connectivity index (χ1n) is 19.5. The molecule has 0 aliphatic carbocycles. The normalized spacial score (nSPS) is 13.9. The predicted octanol–water partition coefficient (Wildman–Crippen LogP) is 11.6. The molecule has 0 saturated carbocycles. The lowest BCUT2D eigenvalue weighted by Crippen LogP contribution is -2.33. The second kappa shape index (κ2) is 15.8. The average Bonchev–Trinajstić information content (AvgIpc) is 4.11. The largest absolute Gasteiger partial charge is 0.482 e. The van der Waals surface area contributed by atoms with Crippen LogP contribution in [0.2, 0.25) is 0 Å². The molecule has 9 heteroatoms. The number of fused-ring (bicyclic) bond motifs is 4. The minimum atomic E-state index is -0.226. The highest BCUT2D eigenvalue weighted by molar-refractivity contribution is 7.12. The Bertz CT molecular complexity index is 2870. The number of amides is 2. The van der Waals surface area contributed by atoms with Gasteiger partial charge in [-0.25, -0.2) is 0 Å². The van der Waals surface area contributed by atoms with Crippen molar-refractivity contribution in [3.05, 3.63) is 197 Å². The zero-order valence-electron chi connectivity index (χ0n) is 31.9. The van der Waals surface area contributed by atoms with E-state index in [0.717, 1.165) is 49.1 Å². The van der Waals surface area contributed by atoms with Crippen molar-refractivity contribution < 1.29 is 19.1 Å². The summed E-state index contributed by atoms with van der Waals surface area (Å²) in [6.07, 6.45) is 0. The van der Waals surface area contributed by atoms with Crippen molar-refractivity contribution in [1.29, 1.82) is 0 Å². The molecule has 0 bridgehead atoms. The molecule has 0 unspecified atom stereocenters. The SMILES string of the molecule is O=C1C2=C(c3ccc(N(c4ccccc4)c4cc5ccccc5c5ccccc45)cc3)N(CCOc3cccs3)C(=O)C2=C(c2ccccc2)N1CCOc1cccs1. The van der Waals surface area contributed by atoms with Crippen LogP contribution in [-0.2, 0) is 9.59 Å². The third kappa shape index (κ3) is 6.74. The molecule has 6 aromatic carbocycles. The van der Waals surface area contributed by atoms with E-state index in [1.54, 1.807) is 9.80 Å². The van der Waals surface area contributed by atoms with E-state index in [4.69, 9.17) is 9.47 Å². The molecular weight excluding hydrogens is 771 g/mol. The maximum Gasteiger partial charge on any atom is 0.261 e. The molecule has 0 spiro atoms. The molecule has 0 saturated heterocycles. The van der Waals surface area contributed by atoms with Crippen molar-refractivity contribution >= 4 is 84.5 Å². The first-order chi connectivity index (χ1) is 29.1. The van der Waals surface area contributed by atoms with Crippen LogP contribution < -0.4 is 14.4 Å². The first kappa shape index (κ1) is 36.4. The third-order valence-electron chi connectivity index (χ3n) is 10.7. The lowest BCUT2D eigenvalue weighted by molar-refractivity contribution is -0.124. The zero-order chi connectivity index (χ0) is 39.7. The summed E-state index contributed by atoms with van der Waals surface area (Å²) in [7, 11) is 0. The zero-order valence-corrected chi connectivity index (χ0v) is 33.5. The molecule has 0 fully saturated rings. The molecule has 7 nitrogen and oxygen atoms in total. The molecule has 2 amide bonds. The number of hydrogen-bond acceptors (Lipinski definition) is 7. The fourth-order valence-electron chi connectivity index (χ4n) is 8.18. The lowest BCUT2D eigenvalue weighted by Gasteiger charge is -2.28. The Hall–Kier alpha value is -6.94. The quantitative estimate of drug-likeness (QED) is 0.109. The van der Waals surface area contributed by atoms with E-state index < -0.39 is 0 Å². The molecule has 0 N–H and O–H groups in total. The van der Waals surface area contributed by atoms with Crippen molar-refractivity contribution in [2.75, 3.05) is 31.2 Å². The molecule has 288 valence electrons. The van der Waals surface area contributed by atoms with Crippen molar-refractivity contribution in [3.63, 3.8) is 0 Å². The van der Waals surface area contributed by atoms with E-state index in [1.165, 1.54) is 33.4 Å². The summed E-state index contributed by atoms with van der Waals surface area (Å²) in [4.78, 5) is 35.4. The van der Waals surface area contributed by atoms with Crippen LogP contribution in [0.5, 0.6) is 10.1 Å². The fraction of sp³-hybridized carbons (Fsp3) is 0.0800. The molecule has 10 rings (SSSR count). The predicted molar refractivity (Wildman–Crippen MR) is 239 cm³/mol. The van der Waals surface area contributed by atoms with E-state index >= 15 is 0 Å². The number of benzene rings is 6. The number of anilines is 3.